The second-order valence-corrected chi connectivity index (χ2v) is 8.46. The van der Waals surface area contributed by atoms with Crippen molar-refractivity contribution in [2.75, 3.05) is 7.11 Å². The molecule has 5 rings (SSSR count). The molecule has 0 atom stereocenters. The zero-order chi connectivity index (χ0) is 28.4. The highest BCUT2D eigenvalue weighted by molar-refractivity contribution is 6.21. The Morgan fingerprint density at radius 1 is 0.538 bits per heavy atom. The van der Waals surface area contributed by atoms with E-state index in [-0.39, 0.29) is 32.9 Å². The van der Waals surface area contributed by atoms with Crippen LogP contribution in [0.2, 0.25) is 0 Å². The SMILES string of the molecule is COc1cc(F)c(-c2c3ccccc3c(-c3c(F)c(F)c(C(F)(F)F)c(F)c3F)c3ccc(F)cc23)c(F)c1. The van der Waals surface area contributed by atoms with Crippen LogP contribution in [0, 0.1) is 40.7 Å². The second-order valence-electron chi connectivity index (χ2n) is 8.46. The number of alkyl halides is 3. The quantitative estimate of drug-likeness (QED) is 0.123. The molecule has 5 aromatic carbocycles. The molecule has 0 spiro atoms. The minimum absolute atomic E-state index is 0.145. The van der Waals surface area contributed by atoms with Crippen LogP contribution in [0.15, 0.2) is 54.6 Å². The topological polar surface area (TPSA) is 9.23 Å². The molecular formula is C28H12F10O. The molecule has 39 heavy (non-hydrogen) atoms. The lowest BCUT2D eigenvalue weighted by Crippen LogP contribution is -2.16. The van der Waals surface area contributed by atoms with Crippen LogP contribution in [0.4, 0.5) is 43.9 Å². The van der Waals surface area contributed by atoms with Crippen LogP contribution in [-0.4, -0.2) is 7.11 Å². The Morgan fingerprint density at radius 3 is 1.51 bits per heavy atom. The van der Waals surface area contributed by atoms with Gasteiger partial charge in [0.2, 0.25) is 0 Å². The Morgan fingerprint density at radius 2 is 1.03 bits per heavy atom. The highest BCUT2D eigenvalue weighted by atomic mass is 19.4. The van der Waals surface area contributed by atoms with Crippen molar-refractivity contribution in [2.45, 2.75) is 6.18 Å². The maximum atomic E-state index is 15.2. The van der Waals surface area contributed by atoms with Gasteiger partial charge in [-0.05, 0) is 33.7 Å². The number of halogens is 10. The molecule has 0 radical (unpaired) electrons. The standard InChI is InChI=1S/C28H12F10O/c1-39-12-9-17(30)21(18(31)10-12)20-14-5-3-2-4-13(14)19(15-7-6-11(29)8-16(15)20)22-24(32)26(34)23(28(36,37)38)27(35)25(22)33/h2-10H,1H3. The van der Waals surface area contributed by atoms with Crippen LogP contribution in [-0.2, 0) is 6.18 Å². The van der Waals surface area contributed by atoms with Crippen LogP contribution >= 0.6 is 0 Å². The minimum atomic E-state index is -5.77. The molecule has 11 heteroatoms. The van der Waals surface area contributed by atoms with Gasteiger partial charge in [-0.25, -0.2) is 30.7 Å². The lowest BCUT2D eigenvalue weighted by molar-refractivity contribution is -0.143. The Kier molecular flexibility index (Phi) is 6.20. The lowest BCUT2D eigenvalue weighted by atomic mass is 9.85. The Bertz CT molecular complexity index is 1760. The molecule has 0 aliphatic rings. The Labute approximate surface area is 212 Å². The van der Waals surface area contributed by atoms with Crippen LogP contribution < -0.4 is 4.74 Å². The second kappa shape index (κ2) is 9.18. The lowest BCUT2D eigenvalue weighted by Gasteiger charge is -2.20. The molecule has 0 aliphatic carbocycles. The number of fused-ring (bicyclic) bond motifs is 2. The molecule has 0 N–H and O–H groups in total. The third-order valence-electron chi connectivity index (χ3n) is 6.28. The summed E-state index contributed by atoms with van der Waals surface area (Å²) >= 11 is 0. The predicted octanol–water partition coefficient (Wildman–Crippen LogP) is 9.33. The number of rotatable bonds is 3. The zero-order valence-corrected chi connectivity index (χ0v) is 19.4. The van der Waals surface area contributed by atoms with E-state index in [1.54, 1.807) is 0 Å². The van der Waals surface area contributed by atoms with E-state index in [2.05, 4.69) is 0 Å². The molecule has 0 heterocycles. The fraction of sp³-hybridized carbons (Fsp3) is 0.0714. The fourth-order valence-electron chi connectivity index (χ4n) is 4.70. The van der Waals surface area contributed by atoms with E-state index in [0.29, 0.717) is 0 Å². The molecule has 0 saturated carbocycles. The first-order chi connectivity index (χ1) is 18.4. The number of hydrogen-bond donors (Lipinski definition) is 0. The van der Waals surface area contributed by atoms with Gasteiger partial charge in [0.1, 0.15) is 28.8 Å². The van der Waals surface area contributed by atoms with E-state index >= 15 is 17.6 Å². The highest BCUT2D eigenvalue weighted by Gasteiger charge is 2.43. The molecule has 0 amide bonds. The largest absolute Gasteiger partial charge is 0.497 e. The molecule has 1 nitrogen and oxygen atoms in total. The van der Waals surface area contributed by atoms with Gasteiger partial charge >= 0.3 is 6.18 Å². The number of benzene rings is 5. The van der Waals surface area contributed by atoms with Gasteiger partial charge in [-0.15, -0.1) is 0 Å². The normalized spacial score (nSPS) is 12.0. The fourth-order valence-corrected chi connectivity index (χ4v) is 4.70. The van der Waals surface area contributed by atoms with E-state index in [1.807, 2.05) is 0 Å². The summed E-state index contributed by atoms with van der Waals surface area (Å²) in [5.74, 6) is -13.5. The summed E-state index contributed by atoms with van der Waals surface area (Å²) in [6, 6.07) is 9.30. The van der Waals surface area contributed by atoms with Crippen molar-refractivity contribution in [2.24, 2.45) is 0 Å². The summed E-state index contributed by atoms with van der Waals surface area (Å²) < 4.78 is 149. The summed E-state index contributed by atoms with van der Waals surface area (Å²) in [6.45, 7) is 0. The monoisotopic (exact) mass is 554 g/mol. The molecule has 0 aromatic heterocycles. The molecule has 0 bridgehead atoms. The highest BCUT2D eigenvalue weighted by Crippen LogP contribution is 2.48. The average Bonchev–Trinajstić information content (AvgIpc) is 2.87. The van der Waals surface area contributed by atoms with Crippen LogP contribution in [0.25, 0.3) is 43.8 Å². The van der Waals surface area contributed by atoms with Crippen molar-refractivity contribution in [1.29, 1.82) is 0 Å². The van der Waals surface area contributed by atoms with Gasteiger partial charge in [0, 0.05) is 23.3 Å². The molecule has 200 valence electrons. The van der Waals surface area contributed by atoms with Crippen molar-refractivity contribution in [3.05, 3.63) is 101 Å². The third-order valence-corrected chi connectivity index (χ3v) is 6.28. The zero-order valence-electron chi connectivity index (χ0n) is 19.4. The van der Waals surface area contributed by atoms with Crippen LogP contribution in [0.5, 0.6) is 5.75 Å². The van der Waals surface area contributed by atoms with Gasteiger partial charge in [0.15, 0.2) is 23.3 Å². The van der Waals surface area contributed by atoms with Crippen molar-refractivity contribution < 1.29 is 48.6 Å². The van der Waals surface area contributed by atoms with Crippen molar-refractivity contribution in [1.82, 2.24) is 0 Å². The molecule has 0 fully saturated rings. The molecule has 0 unspecified atom stereocenters. The van der Waals surface area contributed by atoms with E-state index < -0.39 is 69.2 Å². The van der Waals surface area contributed by atoms with Crippen LogP contribution in [0.3, 0.4) is 0 Å². The van der Waals surface area contributed by atoms with Crippen molar-refractivity contribution in [3.8, 4) is 28.0 Å². The number of hydrogen-bond acceptors (Lipinski definition) is 1. The van der Waals surface area contributed by atoms with Gasteiger partial charge in [0.25, 0.3) is 0 Å². The van der Waals surface area contributed by atoms with Gasteiger partial charge < -0.3 is 4.74 Å². The maximum absolute atomic E-state index is 15.2. The van der Waals surface area contributed by atoms with Gasteiger partial charge in [-0.1, -0.05) is 30.3 Å². The van der Waals surface area contributed by atoms with Gasteiger partial charge in [0.05, 0.1) is 18.2 Å². The van der Waals surface area contributed by atoms with Crippen molar-refractivity contribution >= 4 is 21.5 Å². The summed E-state index contributed by atoms with van der Waals surface area (Å²) in [5.41, 5.74) is -5.89. The van der Waals surface area contributed by atoms with Gasteiger partial charge in [-0.3, -0.25) is 0 Å². The summed E-state index contributed by atoms with van der Waals surface area (Å²) in [6.07, 6.45) is -5.77. The van der Waals surface area contributed by atoms with E-state index in [9.17, 15) is 26.3 Å². The smallest absolute Gasteiger partial charge is 0.422 e. The first-order valence-electron chi connectivity index (χ1n) is 11.0. The predicted molar refractivity (Wildman–Crippen MR) is 124 cm³/mol. The third kappa shape index (κ3) is 4.03. The Balaban J connectivity index is 2.03. The number of methoxy groups -OCH3 is 1. The first-order valence-corrected chi connectivity index (χ1v) is 11.0. The summed E-state index contributed by atoms with van der Waals surface area (Å²) in [7, 11) is 1.16. The minimum Gasteiger partial charge on any atom is -0.497 e. The van der Waals surface area contributed by atoms with E-state index in [1.165, 1.54) is 24.3 Å². The first kappa shape index (κ1) is 26.3. The molecular weight excluding hydrogens is 542 g/mol. The molecule has 0 aliphatic heterocycles. The molecule has 0 saturated heterocycles. The summed E-state index contributed by atoms with van der Waals surface area (Å²) in [4.78, 5) is 0. The Hall–Kier alpha value is -4.28. The van der Waals surface area contributed by atoms with E-state index in [4.69, 9.17) is 4.74 Å². The average molecular weight is 554 g/mol. The van der Waals surface area contributed by atoms with Crippen molar-refractivity contribution in [3.63, 3.8) is 0 Å². The molecule has 5 aromatic rings. The van der Waals surface area contributed by atoms with E-state index in [0.717, 1.165) is 37.4 Å². The van der Waals surface area contributed by atoms with Crippen LogP contribution in [0.1, 0.15) is 5.56 Å². The van der Waals surface area contributed by atoms with Gasteiger partial charge in [-0.2, -0.15) is 13.2 Å². The summed E-state index contributed by atoms with van der Waals surface area (Å²) in [5, 5.41) is -1.08. The number of ether oxygens (including phenoxy) is 1. The maximum Gasteiger partial charge on any atom is 0.422 e.